The van der Waals surface area contributed by atoms with E-state index >= 15 is 0 Å². The molecule has 0 saturated carbocycles. The van der Waals surface area contributed by atoms with Gasteiger partial charge < -0.3 is 5.11 Å². The molecule has 1 N–H and O–H groups in total. The average molecular weight is 299 g/mol. The van der Waals surface area contributed by atoms with Crippen LogP contribution in [0.3, 0.4) is 0 Å². The van der Waals surface area contributed by atoms with Crippen molar-refractivity contribution < 1.29 is 14.7 Å². The molecule has 4 heteroatoms. The lowest BCUT2D eigenvalue weighted by atomic mass is 9.88. The lowest BCUT2D eigenvalue weighted by molar-refractivity contribution is -0.0757. The maximum atomic E-state index is 12.0. The van der Waals surface area contributed by atoms with Crippen molar-refractivity contribution >= 4 is 5.91 Å². The molecule has 0 aromatic heterocycles. The summed E-state index contributed by atoms with van der Waals surface area (Å²) in [7, 11) is 3.00. The van der Waals surface area contributed by atoms with Gasteiger partial charge in [0, 0.05) is 19.0 Å². The van der Waals surface area contributed by atoms with Gasteiger partial charge >= 0.3 is 0 Å². The van der Waals surface area contributed by atoms with Crippen LogP contribution in [0.2, 0.25) is 0 Å². The predicted octanol–water partition coefficient (Wildman–Crippen LogP) is 2.77. The SMILES string of the molecule is CON(C)C(=O)c1ccc([C@](C)(O)Cc2ccccc2)cc1. The van der Waals surface area contributed by atoms with Gasteiger partial charge in [-0.05, 0) is 30.2 Å². The van der Waals surface area contributed by atoms with Crippen LogP contribution in [0.1, 0.15) is 28.4 Å². The number of hydrogen-bond donors (Lipinski definition) is 1. The van der Waals surface area contributed by atoms with Crippen LogP contribution in [-0.2, 0) is 16.9 Å². The van der Waals surface area contributed by atoms with Crippen LogP contribution in [0, 0.1) is 0 Å². The Balaban J connectivity index is 2.17. The topological polar surface area (TPSA) is 49.8 Å². The summed E-state index contributed by atoms with van der Waals surface area (Å²) >= 11 is 0. The molecule has 22 heavy (non-hydrogen) atoms. The van der Waals surface area contributed by atoms with Gasteiger partial charge in [-0.2, -0.15) is 0 Å². The highest BCUT2D eigenvalue weighted by Gasteiger charge is 2.24. The molecule has 0 fully saturated rings. The second-order valence-electron chi connectivity index (χ2n) is 5.50. The molecule has 0 heterocycles. The predicted molar refractivity (Wildman–Crippen MR) is 85.3 cm³/mol. The van der Waals surface area contributed by atoms with Crippen molar-refractivity contribution in [3.8, 4) is 0 Å². The standard InChI is InChI=1S/C18H21NO3/c1-18(21,13-14-7-5-4-6-8-14)16-11-9-15(10-12-16)17(20)19(2)22-3/h4-12,21H,13H2,1-3H3/t18-/m1/s1. The van der Waals surface area contributed by atoms with Crippen LogP contribution < -0.4 is 0 Å². The Kier molecular flexibility index (Phi) is 4.96. The Hall–Kier alpha value is -2.17. The van der Waals surface area contributed by atoms with E-state index in [1.165, 1.54) is 7.11 Å². The average Bonchev–Trinajstić information content (AvgIpc) is 2.54. The monoisotopic (exact) mass is 299 g/mol. The van der Waals surface area contributed by atoms with Crippen molar-refractivity contribution in [1.29, 1.82) is 0 Å². The van der Waals surface area contributed by atoms with E-state index < -0.39 is 5.60 Å². The number of nitrogens with zero attached hydrogens (tertiary/aromatic N) is 1. The van der Waals surface area contributed by atoms with E-state index in [-0.39, 0.29) is 5.91 Å². The molecule has 2 aromatic carbocycles. The molecule has 0 saturated heterocycles. The summed E-state index contributed by atoms with van der Waals surface area (Å²) in [4.78, 5) is 16.8. The van der Waals surface area contributed by atoms with E-state index in [2.05, 4.69) is 0 Å². The van der Waals surface area contributed by atoms with Crippen LogP contribution in [0.15, 0.2) is 54.6 Å². The molecule has 1 amide bonds. The fourth-order valence-corrected chi connectivity index (χ4v) is 2.33. The molecule has 0 aliphatic carbocycles. The van der Waals surface area contributed by atoms with Crippen molar-refractivity contribution in [3.63, 3.8) is 0 Å². The van der Waals surface area contributed by atoms with Gasteiger partial charge in [0.15, 0.2) is 0 Å². The Morgan fingerprint density at radius 3 is 2.27 bits per heavy atom. The zero-order valence-corrected chi connectivity index (χ0v) is 13.1. The van der Waals surface area contributed by atoms with E-state index in [9.17, 15) is 9.90 Å². The number of carbonyl (C=O) groups excluding carboxylic acids is 1. The second-order valence-corrected chi connectivity index (χ2v) is 5.50. The largest absolute Gasteiger partial charge is 0.385 e. The smallest absolute Gasteiger partial charge is 0.277 e. The van der Waals surface area contributed by atoms with E-state index in [0.717, 1.165) is 16.2 Å². The Bertz CT molecular complexity index is 621. The maximum Gasteiger partial charge on any atom is 0.277 e. The number of aliphatic hydroxyl groups is 1. The molecule has 2 rings (SSSR count). The summed E-state index contributed by atoms with van der Waals surface area (Å²) in [6.45, 7) is 1.78. The molecule has 2 aromatic rings. The van der Waals surface area contributed by atoms with Gasteiger partial charge in [-0.3, -0.25) is 9.63 Å². The van der Waals surface area contributed by atoms with Gasteiger partial charge in [0.1, 0.15) is 0 Å². The Labute approximate surface area is 130 Å². The highest BCUT2D eigenvalue weighted by molar-refractivity contribution is 5.93. The van der Waals surface area contributed by atoms with Crippen molar-refractivity contribution in [2.75, 3.05) is 14.2 Å². The summed E-state index contributed by atoms with van der Waals surface area (Å²) in [5.41, 5.74) is 1.36. The minimum absolute atomic E-state index is 0.225. The summed E-state index contributed by atoms with van der Waals surface area (Å²) in [5, 5.41) is 11.9. The zero-order chi connectivity index (χ0) is 16.2. The zero-order valence-electron chi connectivity index (χ0n) is 13.1. The molecule has 1 atom stereocenters. The number of hydrogen-bond acceptors (Lipinski definition) is 3. The molecule has 0 radical (unpaired) electrons. The summed E-state index contributed by atoms with van der Waals surface area (Å²) < 4.78 is 0. The molecule has 0 unspecified atom stereocenters. The fraction of sp³-hybridized carbons (Fsp3) is 0.278. The summed E-state index contributed by atoms with van der Waals surface area (Å²) in [6.07, 6.45) is 0.513. The van der Waals surface area contributed by atoms with Gasteiger partial charge in [0.25, 0.3) is 5.91 Å². The first-order valence-corrected chi connectivity index (χ1v) is 7.13. The highest BCUT2D eigenvalue weighted by Crippen LogP contribution is 2.25. The quantitative estimate of drug-likeness (QED) is 0.864. The molecule has 4 nitrogen and oxygen atoms in total. The second kappa shape index (κ2) is 6.73. The minimum atomic E-state index is -0.990. The van der Waals surface area contributed by atoms with Gasteiger partial charge in [0.05, 0.1) is 12.7 Å². The van der Waals surface area contributed by atoms with Gasteiger partial charge in [-0.15, -0.1) is 0 Å². The molecular weight excluding hydrogens is 278 g/mol. The van der Waals surface area contributed by atoms with E-state index in [0.29, 0.717) is 12.0 Å². The van der Waals surface area contributed by atoms with Crippen molar-refractivity contribution in [3.05, 3.63) is 71.3 Å². The first-order chi connectivity index (χ1) is 10.4. The molecular formula is C18H21NO3. The maximum absolute atomic E-state index is 12.0. The number of rotatable bonds is 5. The lowest BCUT2D eigenvalue weighted by Crippen LogP contribution is -2.26. The minimum Gasteiger partial charge on any atom is -0.385 e. The Morgan fingerprint density at radius 2 is 1.73 bits per heavy atom. The van der Waals surface area contributed by atoms with E-state index in [1.807, 2.05) is 30.3 Å². The number of amides is 1. The van der Waals surface area contributed by atoms with Crippen LogP contribution in [0.4, 0.5) is 0 Å². The summed E-state index contributed by atoms with van der Waals surface area (Å²) in [6, 6.07) is 16.8. The van der Waals surface area contributed by atoms with Gasteiger partial charge in [0.2, 0.25) is 0 Å². The molecule has 0 aliphatic heterocycles. The van der Waals surface area contributed by atoms with Crippen LogP contribution in [0.25, 0.3) is 0 Å². The molecule has 0 aliphatic rings. The van der Waals surface area contributed by atoms with E-state index in [4.69, 9.17) is 4.84 Å². The Morgan fingerprint density at radius 1 is 1.14 bits per heavy atom. The van der Waals surface area contributed by atoms with Gasteiger partial charge in [-0.25, -0.2) is 5.06 Å². The van der Waals surface area contributed by atoms with Gasteiger partial charge in [-0.1, -0.05) is 42.5 Å². The van der Waals surface area contributed by atoms with E-state index in [1.54, 1.807) is 38.2 Å². The normalized spacial score (nSPS) is 13.5. The number of hydroxylamine groups is 2. The van der Waals surface area contributed by atoms with Crippen LogP contribution in [-0.4, -0.2) is 30.2 Å². The summed E-state index contributed by atoms with van der Waals surface area (Å²) in [5.74, 6) is -0.225. The number of benzene rings is 2. The van der Waals surface area contributed by atoms with Crippen LogP contribution in [0.5, 0.6) is 0 Å². The lowest BCUT2D eigenvalue weighted by Gasteiger charge is -2.24. The highest BCUT2D eigenvalue weighted by atomic mass is 16.7. The number of carbonyl (C=O) groups is 1. The molecule has 116 valence electrons. The third-order valence-corrected chi connectivity index (χ3v) is 3.70. The first kappa shape index (κ1) is 16.2. The van der Waals surface area contributed by atoms with Crippen molar-refractivity contribution in [2.24, 2.45) is 0 Å². The first-order valence-electron chi connectivity index (χ1n) is 7.13. The third kappa shape index (κ3) is 3.72. The third-order valence-electron chi connectivity index (χ3n) is 3.70. The molecule has 0 bridgehead atoms. The fourth-order valence-electron chi connectivity index (χ4n) is 2.33. The van der Waals surface area contributed by atoms with Crippen molar-refractivity contribution in [1.82, 2.24) is 5.06 Å². The van der Waals surface area contributed by atoms with Crippen molar-refractivity contribution in [2.45, 2.75) is 18.9 Å². The van der Waals surface area contributed by atoms with Crippen LogP contribution >= 0.6 is 0 Å². The molecule has 0 spiro atoms.